The molecular weight excluding hydrogens is 248 g/mol. The minimum Gasteiger partial charge on any atom is -0.304 e. The van der Waals surface area contributed by atoms with Crippen LogP contribution in [0.15, 0.2) is 29.8 Å². The first-order valence-corrected chi connectivity index (χ1v) is 6.73. The normalized spacial score (nSPS) is 16.1. The predicted molar refractivity (Wildman–Crippen MR) is 78.4 cm³/mol. The number of nitrogens with zero attached hydrogens (tertiary/aromatic N) is 4. The molecule has 20 heavy (non-hydrogen) atoms. The highest BCUT2D eigenvalue weighted by Crippen LogP contribution is 2.12. The highest BCUT2D eigenvalue weighted by molar-refractivity contribution is 5.62. The summed E-state index contributed by atoms with van der Waals surface area (Å²) in [4.78, 5) is 4.76. The topological polar surface area (TPSA) is 54.1 Å². The molecule has 0 aromatic heterocycles. The molecule has 4 nitrogen and oxygen atoms in total. The SMILES string of the molecule is CN1CCN(Cc2cccc(C=C(C#N)C#N)c2)CC1. The number of hydrogen-bond acceptors (Lipinski definition) is 4. The van der Waals surface area contributed by atoms with Crippen molar-refractivity contribution in [3.8, 4) is 12.1 Å². The lowest BCUT2D eigenvalue weighted by molar-refractivity contribution is 0.148. The Labute approximate surface area is 120 Å². The van der Waals surface area contributed by atoms with Gasteiger partial charge in [0.15, 0.2) is 0 Å². The molecule has 1 aliphatic rings. The third kappa shape index (κ3) is 3.93. The molecule has 0 saturated carbocycles. The van der Waals surface area contributed by atoms with Gasteiger partial charge in [-0.05, 0) is 24.3 Å². The highest BCUT2D eigenvalue weighted by Gasteiger charge is 2.13. The largest absolute Gasteiger partial charge is 0.304 e. The van der Waals surface area contributed by atoms with E-state index in [1.165, 1.54) is 5.56 Å². The van der Waals surface area contributed by atoms with Gasteiger partial charge in [-0.25, -0.2) is 0 Å². The van der Waals surface area contributed by atoms with E-state index in [2.05, 4.69) is 22.9 Å². The molecule has 1 fully saturated rings. The zero-order valence-corrected chi connectivity index (χ0v) is 11.7. The van der Waals surface area contributed by atoms with Crippen molar-refractivity contribution in [2.24, 2.45) is 0 Å². The molecule has 0 spiro atoms. The molecule has 1 aromatic carbocycles. The van der Waals surface area contributed by atoms with Crippen LogP contribution in [0.1, 0.15) is 11.1 Å². The number of rotatable bonds is 3. The summed E-state index contributed by atoms with van der Waals surface area (Å²) in [5.41, 5.74) is 2.27. The van der Waals surface area contributed by atoms with Gasteiger partial charge in [-0.3, -0.25) is 4.90 Å². The first-order valence-electron chi connectivity index (χ1n) is 6.73. The molecule has 0 amide bonds. The van der Waals surface area contributed by atoms with Crippen LogP contribution in [0.25, 0.3) is 6.08 Å². The van der Waals surface area contributed by atoms with E-state index >= 15 is 0 Å². The first kappa shape index (κ1) is 14.3. The van der Waals surface area contributed by atoms with E-state index in [9.17, 15) is 0 Å². The number of nitriles is 2. The Kier molecular flexibility index (Phi) is 4.90. The maximum atomic E-state index is 8.79. The van der Waals surface area contributed by atoms with Gasteiger partial charge >= 0.3 is 0 Å². The van der Waals surface area contributed by atoms with Crippen LogP contribution in [-0.2, 0) is 6.54 Å². The average molecular weight is 266 g/mol. The Bertz CT molecular complexity index is 553. The summed E-state index contributed by atoms with van der Waals surface area (Å²) >= 11 is 0. The highest BCUT2D eigenvalue weighted by atomic mass is 15.2. The molecule has 4 heteroatoms. The van der Waals surface area contributed by atoms with Gasteiger partial charge in [0.1, 0.15) is 17.7 Å². The molecule has 1 aromatic rings. The van der Waals surface area contributed by atoms with E-state index in [4.69, 9.17) is 10.5 Å². The fourth-order valence-corrected chi connectivity index (χ4v) is 2.30. The molecule has 1 aliphatic heterocycles. The van der Waals surface area contributed by atoms with Gasteiger partial charge in [0, 0.05) is 32.7 Å². The maximum absolute atomic E-state index is 8.79. The van der Waals surface area contributed by atoms with Gasteiger partial charge in [-0.15, -0.1) is 0 Å². The standard InChI is InChI=1S/C16H18N4/c1-19-5-7-20(8-6-19)13-15-4-2-3-14(9-15)10-16(11-17)12-18/h2-4,9-10H,5-8,13H2,1H3. The summed E-state index contributed by atoms with van der Waals surface area (Å²) in [5, 5.41) is 17.6. The summed E-state index contributed by atoms with van der Waals surface area (Å²) in [6, 6.07) is 11.8. The Balaban J connectivity index is 2.05. The van der Waals surface area contributed by atoms with Crippen molar-refractivity contribution in [1.82, 2.24) is 9.80 Å². The van der Waals surface area contributed by atoms with Crippen LogP contribution < -0.4 is 0 Å². The monoisotopic (exact) mass is 266 g/mol. The lowest BCUT2D eigenvalue weighted by Gasteiger charge is -2.32. The summed E-state index contributed by atoms with van der Waals surface area (Å²) in [6.45, 7) is 5.29. The maximum Gasteiger partial charge on any atom is 0.130 e. The van der Waals surface area contributed by atoms with Crippen LogP contribution in [0.2, 0.25) is 0 Å². The van der Waals surface area contributed by atoms with Gasteiger partial charge in [0.05, 0.1) is 0 Å². The third-order valence-electron chi connectivity index (χ3n) is 3.51. The van der Waals surface area contributed by atoms with E-state index in [1.807, 2.05) is 30.3 Å². The average Bonchev–Trinajstić information content (AvgIpc) is 2.47. The quantitative estimate of drug-likeness (QED) is 0.784. The summed E-state index contributed by atoms with van der Waals surface area (Å²) < 4.78 is 0. The van der Waals surface area contributed by atoms with Gasteiger partial charge in [-0.1, -0.05) is 24.3 Å². The van der Waals surface area contributed by atoms with Crippen molar-refractivity contribution in [2.75, 3.05) is 33.2 Å². The number of allylic oxidation sites excluding steroid dienone is 1. The first-order chi connectivity index (χ1) is 9.71. The zero-order chi connectivity index (χ0) is 14.4. The summed E-state index contributed by atoms with van der Waals surface area (Å²) in [5.74, 6) is 0. The van der Waals surface area contributed by atoms with Crippen molar-refractivity contribution >= 4 is 6.08 Å². The summed E-state index contributed by atoms with van der Waals surface area (Å²) in [7, 11) is 2.15. The lowest BCUT2D eigenvalue weighted by atomic mass is 10.1. The van der Waals surface area contributed by atoms with Crippen LogP contribution in [0.5, 0.6) is 0 Å². The third-order valence-corrected chi connectivity index (χ3v) is 3.51. The Morgan fingerprint density at radius 1 is 1.20 bits per heavy atom. The molecule has 0 unspecified atom stereocenters. The van der Waals surface area contributed by atoms with Crippen molar-refractivity contribution in [1.29, 1.82) is 10.5 Å². The molecule has 1 heterocycles. The lowest BCUT2D eigenvalue weighted by Crippen LogP contribution is -2.43. The number of hydrogen-bond donors (Lipinski definition) is 0. The number of benzene rings is 1. The minimum atomic E-state index is 0.141. The van der Waals surface area contributed by atoms with Crippen molar-refractivity contribution in [2.45, 2.75) is 6.54 Å². The van der Waals surface area contributed by atoms with E-state index in [0.717, 1.165) is 38.3 Å². The minimum absolute atomic E-state index is 0.141. The second-order valence-electron chi connectivity index (χ2n) is 5.11. The second-order valence-corrected chi connectivity index (χ2v) is 5.11. The van der Waals surface area contributed by atoms with Crippen LogP contribution >= 0.6 is 0 Å². The van der Waals surface area contributed by atoms with Gasteiger partial charge in [0.2, 0.25) is 0 Å². The Morgan fingerprint density at radius 3 is 2.55 bits per heavy atom. The van der Waals surface area contributed by atoms with Crippen LogP contribution in [0.3, 0.4) is 0 Å². The molecule has 1 saturated heterocycles. The smallest absolute Gasteiger partial charge is 0.130 e. The van der Waals surface area contributed by atoms with Crippen molar-refractivity contribution in [3.05, 3.63) is 41.0 Å². The molecule has 2 rings (SSSR count). The number of piperazine rings is 1. The fraction of sp³-hybridized carbons (Fsp3) is 0.375. The van der Waals surface area contributed by atoms with Crippen LogP contribution in [0.4, 0.5) is 0 Å². The molecular formula is C16H18N4. The summed E-state index contributed by atoms with van der Waals surface area (Å²) in [6.07, 6.45) is 1.63. The molecule has 102 valence electrons. The molecule has 0 atom stereocenters. The van der Waals surface area contributed by atoms with E-state index in [1.54, 1.807) is 6.08 Å². The van der Waals surface area contributed by atoms with E-state index < -0.39 is 0 Å². The van der Waals surface area contributed by atoms with Gasteiger partial charge in [-0.2, -0.15) is 10.5 Å². The number of likely N-dealkylation sites (N-methyl/N-ethyl adjacent to an activating group) is 1. The molecule has 0 N–H and O–H groups in total. The molecule has 0 aliphatic carbocycles. The predicted octanol–water partition coefficient (Wildman–Crippen LogP) is 1.86. The van der Waals surface area contributed by atoms with E-state index in [-0.39, 0.29) is 5.57 Å². The zero-order valence-electron chi connectivity index (χ0n) is 11.7. The van der Waals surface area contributed by atoms with Crippen LogP contribution in [0, 0.1) is 22.7 Å². The second kappa shape index (κ2) is 6.86. The van der Waals surface area contributed by atoms with Crippen molar-refractivity contribution < 1.29 is 0 Å². The Hall–Kier alpha value is -2.14. The van der Waals surface area contributed by atoms with Gasteiger partial charge < -0.3 is 4.90 Å². The fourth-order valence-electron chi connectivity index (χ4n) is 2.30. The molecule has 0 radical (unpaired) electrons. The van der Waals surface area contributed by atoms with Crippen molar-refractivity contribution in [3.63, 3.8) is 0 Å². The van der Waals surface area contributed by atoms with E-state index in [0.29, 0.717) is 0 Å². The Morgan fingerprint density at radius 2 is 1.90 bits per heavy atom. The van der Waals surface area contributed by atoms with Gasteiger partial charge in [0.25, 0.3) is 0 Å². The van der Waals surface area contributed by atoms with Crippen LogP contribution in [-0.4, -0.2) is 43.0 Å². The molecule has 0 bridgehead atoms.